The highest BCUT2D eigenvalue weighted by Crippen LogP contribution is 2.31. The van der Waals surface area contributed by atoms with E-state index in [1.165, 1.54) is 5.56 Å². The number of fused-ring (bicyclic) bond motifs is 1. The fourth-order valence-corrected chi connectivity index (χ4v) is 3.05. The molecule has 1 aliphatic rings. The number of anilines is 1. The summed E-state index contributed by atoms with van der Waals surface area (Å²) in [7, 11) is 0. The van der Waals surface area contributed by atoms with Gasteiger partial charge in [-0.15, -0.1) is 12.6 Å². The summed E-state index contributed by atoms with van der Waals surface area (Å²) in [5.41, 5.74) is 2.95. The van der Waals surface area contributed by atoms with E-state index in [9.17, 15) is 4.79 Å². The Morgan fingerprint density at radius 1 is 1.15 bits per heavy atom. The zero-order valence-corrected chi connectivity index (χ0v) is 12.3. The van der Waals surface area contributed by atoms with Crippen molar-refractivity contribution in [3.63, 3.8) is 0 Å². The Labute approximate surface area is 124 Å². The summed E-state index contributed by atoms with van der Waals surface area (Å²) < 4.78 is 0. The van der Waals surface area contributed by atoms with Gasteiger partial charge in [0.15, 0.2) is 0 Å². The van der Waals surface area contributed by atoms with Gasteiger partial charge in [-0.05, 0) is 36.1 Å². The fourth-order valence-electron chi connectivity index (χ4n) is 2.79. The maximum atomic E-state index is 12.8. The molecule has 2 aromatic rings. The molecule has 0 saturated heterocycles. The third-order valence-electron chi connectivity index (χ3n) is 3.72. The first kappa shape index (κ1) is 13.3. The molecule has 0 radical (unpaired) electrons. The van der Waals surface area contributed by atoms with Crippen LogP contribution in [0.15, 0.2) is 53.4 Å². The summed E-state index contributed by atoms with van der Waals surface area (Å²) in [5, 5.41) is 0. The number of nitrogens with zero attached hydrogens (tertiary/aromatic N) is 1. The van der Waals surface area contributed by atoms with Gasteiger partial charge < -0.3 is 4.90 Å². The van der Waals surface area contributed by atoms with Crippen LogP contribution >= 0.6 is 12.6 Å². The molecule has 1 unspecified atom stereocenters. The minimum Gasteiger partial charge on any atom is -0.308 e. The molecule has 0 saturated carbocycles. The van der Waals surface area contributed by atoms with Crippen LogP contribution in [0, 0.1) is 5.92 Å². The third-order valence-corrected chi connectivity index (χ3v) is 4.11. The standard InChI is InChI=1S/C17H17NOS/c1-12-10-13-6-2-4-8-15(13)18(11-12)17(19)14-7-3-5-9-16(14)20/h2-9,12,20H,10-11H2,1H3. The molecule has 1 atom stereocenters. The van der Waals surface area contributed by atoms with Crippen LogP contribution < -0.4 is 4.90 Å². The van der Waals surface area contributed by atoms with Crippen molar-refractivity contribution in [2.45, 2.75) is 18.2 Å². The number of amides is 1. The lowest BCUT2D eigenvalue weighted by Gasteiger charge is -2.33. The summed E-state index contributed by atoms with van der Waals surface area (Å²) >= 11 is 4.40. The molecule has 102 valence electrons. The Bertz CT molecular complexity index is 653. The smallest absolute Gasteiger partial charge is 0.259 e. The highest BCUT2D eigenvalue weighted by molar-refractivity contribution is 7.80. The summed E-state index contributed by atoms with van der Waals surface area (Å²) in [6.07, 6.45) is 1.03. The highest BCUT2D eigenvalue weighted by atomic mass is 32.1. The van der Waals surface area contributed by atoms with E-state index in [4.69, 9.17) is 0 Å². The molecular weight excluding hydrogens is 266 g/mol. The van der Waals surface area contributed by atoms with Gasteiger partial charge in [0.25, 0.3) is 5.91 Å². The Kier molecular flexibility index (Phi) is 3.53. The second-order valence-electron chi connectivity index (χ2n) is 5.37. The van der Waals surface area contributed by atoms with Crippen molar-refractivity contribution in [1.82, 2.24) is 0 Å². The second kappa shape index (κ2) is 5.33. The van der Waals surface area contributed by atoms with Crippen molar-refractivity contribution < 1.29 is 4.79 Å². The number of carbonyl (C=O) groups is 1. The van der Waals surface area contributed by atoms with E-state index in [1.807, 2.05) is 47.4 Å². The molecule has 3 rings (SSSR count). The Morgan fingerprint density at radius 2 is 1.85 bits per heavy atom. The van der Waals surface area contributed by atoms with Crippen molar-refractivity contribution in [2.75, 3.05) is 11.4 Å². The molecule has 1 aliphatic heterocycles. The summed E-state index contributed by atoms with van der Waals surface area (Å²) in [4.78, 5) is 15.4. The van der Waals surface area contributed by atoms with Gasteiger partial charge in [0.05, 0.1) is 5.56 Å². The van der Waals surface area contributed by atoms with Crippen molar-refractivity contribution in [3.8, 4) is 0 Å². The molecular formula is C17H17NOS. The molecule has 1 heterocycles. The lowest BCUT2D eigenvalue weighted by molar-refractivity contribution is 0.0978. The second-order valence-corrected chi connectivity index (χ2v) is 5.85. The molecule has 3 heteroatoms. The summed E-state index contributed by atoms with van der Waals surface area (Å²) in [6.45, 7) is 2.95. The van der Waals surface area contributed by atoms with Gasteiger partial charge in [0, 0.05) is 17.1 Å². The molecule has 0 fully saturated rings. The molecule has 2 aromatic carbocycles. The lowest BCUT2D eigenvalue weighted by Crippen LogP contribution is -2.39. The van der Waals surface area contributed by atoms with E-state index in [2.05, 4.69) is 25.6 Å². The molecule has 0 N–H and O–H groups in total. The van der Waals surface area contributed by atoms with Gasteiger partial charge in [0.2, 0.25) is 0 Å². The van der Waals surface area contributed by atoms with Crippen LogP contribution in [-0.4, -0.2) is 12.5 Å². The predicted molar refractivity (Wildman–Crippen MR) is 84.7 cm³/mol. The first-order valence-corrected chi connectivity index (χ1v) is 7.29. The van der Waals surface area contributed by atoms with Gasteiger partial charge >= 0.3 is 0 Å². The quantitative estimate of drug-likeness (QED) is 0.789. The number of hydrogen-bond donors (Lipinski definition) is 1. The van der Waals surface area contributed by atoms with E-state index >= 15 is 0 Å². The largest absolute Gasteiger partial charge is 0.308 e. The van der Waals surface area contributed by atoms with Crippen LogP contribution in [0.3, 0.4) is 0 Å². The number of rotatable bonds is 1. The van der Waals surface area contributed by atoms with Gasteiger partial charge in [-0.3, -0.25) is 4.79 Å². The van der Waals surface area contributed by atoms with Crippen molar-refractivity contribution in [1.29, 1.82) is 0 Å². The van der Waals surface area contributed by atoms with Gasteiger partial charge in [-0.1, -0.05) is 37.3 Å². The Morgan fingerprint density at radius 3 is 2.65 bits per heavy atom. The van der Waals surface area contributed by atoms with Gasteiger partial charge in [0.1, 0.15) is 0 Å². The molecule has 1 amide bonds. The Hall–Kier alpha value is -1.74. The summed E-state index contributed by atoms with van der Waals surface area (Å²) in [6, 6.07) is 15.6. The monoisotopic (exact) mass is 283 g/mol. The number of benzene rings is 2. The van der Waals surface area contributed by atoms with Crippen molar-refractivity contribution >= 4 is 24.2 Å². The third kappa shape index (κ3) is 2.34. The Balaban J connectivity index is 2.02. The molecule has 0 spiro atoms. The maximum absolute atomic E-state index is 12.8. The van der Waals surface area contributed by atoms with Crippen molar-refractivity contribution in [3.05, 3.63) is 59.7 Å². The molecule has 20 heavy (non-hydrogen) atoms. The zero-order valence-electron chi connectivity index (χ0n) is 11.4. The number of thiol groups is 1. The predicted octanol–water partition coefficient (Wildman–Crippen LogP) is 3.81. The average Bonchev–Trinajstić information content (AvgIpc) is 2.46. The number of carbonyl (C=O) groups excluding carboxylic acids is 1. The van der Waals surface area contributed by atoms with Crippen LogP contribution in [0.2, 0.25) is 0 Å². The van der Waals surface area contributed by atoms with E-state index in [-0.39, 0.29) is 5.91 Å². The first-order chi connectivity index (χ1) is 9.66. The highest BCUT2D eigenvalue weighted by Gasteiger charge is 2.27. The van der Waals surface area contributed by atoms with E-state index in [0.717, 1.165) is 23.5 Å². The maximum Gasteiger partial charge on any atom is 0.259 e. The average molecular weight is 283 g/mol. The minimum atomic E-state index is 0.0367. The van der Waals surface area contributed by atoms with E-state index < -0.39 is 0 Å². The zero-order chi connectivity index (χ0) is 14.1. The number of hydrogen-bond acceptors (Lipinski definition) is 2. The SMILES string of the molecule is CC1Cc2ccccc2N(C(=O)c2ccccc2S)C1. The van der Waals surface area contributed by atoms with Crippen LogP contribution in [0.4, 0.5) is 5.69 Å². The molecule has 0 aliphatic carbocycles. The normalized spacial score (nSPS) is 17.7. The fraction of sp³-hybridized carbons (Fsp3) is 0.235. The minimum absolute atomic E-state index is 0.0367. The summed E-state index contributed by atoms with van der Waals surface area (Å²) in [5.74, 6) is 0.510. The molecule has 2 nitrogen and oxygen atoms in total. The molecule has 0 aromatic heterocycles. The van der Waals surface area contributed by atoms with Crippen molar-refractivity contribution in [2.24, 2.45) is 5.92 Å². The number of para-hydroxylation sites is 1. The van der Waals surface area contributed by atoms with E-state index in [1.54, 1.807) is 0 Å². The van der Waals surface area contributed by atoms with Crippen LogP contribution in [0.25, 0.3) is 0 Å². The van der Waals surface area contributed by atoms with E-state index in [0.29, 0.717) is 11.5 Å². The lowest BCUT2D eigenvalue weighted by atomic mass is 9.93. The van der Waals surface area contributed by atoms with Crippen LogP contribution in [0.1, 0.15) is 22.8 Å². The topological polar surface area (TPSA) is 20.3 Å². The van der Waals surface area contributed by atoms with Crippen LogP contribution in [0.5, 0.6) is 0 Å². The molecule has 0 bridgehead atoms. The van der Waals surface area contributed by atoms with Gasteiger partial charge in [-0.2, -0.15) is 0 Å². The first-order valence-electron chi connectivity index (χ1n) is 6.84. The van der Waals surface area contributed by atoms with Crippen LogP contribution in [-0.2, 0) is 6.42 Å². The van der Waals surface area contributed by atoms with Gasteiger partial charge in [-0.25, -0.2) is 0 Å².